The molecule has 1 aliphatic heterocycles. The van der Waals surface area contributed by atoms with Crippen LogP contribution in [0, 0.1) is 0 Å². The summed E-state index contributed by atoms with van der Waals surface area (Å²) in [6.07, 6.45) is -3.56. The van der Waals surface area contributed by atoms with Crippen LogP contribution in [-0.2, 0) is 19.1 Å². The van der Waals surface area contributed by atoms with Gasteiger partial charge in [0.1, 0.15) is 0 Å². The Morgan fingerprint density at radius 2 is 1.92 bits per heavy atom. The van der Waals surface area contributed by atoms with E-state index in [1.54, 1.807) is 0 Å². The first-order valence-electron chi connectivity index (χ1n) is 3.17. The number of aliphatic hydroxyl groups excluding tert-OH is 1. The average molecular weight is 174 g/mol. The molecule has 0 amide bonds. The fraction of sp³-hybridized carbons (Fsp3) is 0.500. The molecule has 0 bridgehead atoms. The lowest BCUT2D eigenvalue weighted by Gasteiger charge is -2.06. The van der Waals surface area contributed by atoms with Gasteiger partial charge in [-0.05, 0) is 0 Å². The molecule has 0 aliphatic carbocycles. The number of carbonyl (C=O) groups is 3. The summed E-state index contributed by atoms with van der Waals surface area (Å²) in [4.78, 5) is 31.7. The first kappa shape index (κ1) is 8.82. The highest BCUT2D eigenvalue weighted by Crippen LogP contribution is 2.11. The molecule has 1 atom stereocenters. The number of hydrogen-bond acceptors (Lipinski definition) is 6. The summed E-state index contributed by atoms with van der Waals surface area (Å²) < 4.78 is 4.24. The van der Waals surface area contributed by atoms with Crippen molar-refractivity contribution < 1.29 is 29.3 Å². The Morgan fingerprint density at radius 3 is 2.25 bits per heavy atom. The van der Waals surface area contributed by atoms with E-state index in [4.69, 9.17) is 10.2 Å². The van der Waals surface area contributed by atoms with Crippen LogP contribution in [-0.4, -0.2) is 40.1 Å². The van der Waals surface area contributed by atoms with Crippen LogP contribution < -0.4 is 0 Å². The van der Waals surface area contributed by atoms with Crippen LogP contribution in [0.2, 0.25) is 0 Å². The second-order valence-corrected chi connectivity index (χ2v) is 2.30. The molecule has 2 N–H and O–H groups in total. The maximum atomic E-state index is 10.7. The van der Waals surface area contributed by atoms with Gasteiger partial charge in [-0.3, -0.25) is 9.59 Å². The molecular formula is C6H6O6. The number of Topliss-reactive ketones (excluding diaryl/α,β-unsaturated/α-hetero) is 2. The van der Waals surface area contributed by atoms with Crippen molar-refractivity contribution in [1.29, 1.82) is 0 Å². The van der Waals surface area contributed by atoms with E-state index >= 15 is 0 Å². The van der Waals surface area contributed by atoms with Crippen molar-refractivity contribution in [3.05, 3.63) is 0 Å². The number of cyclic esters (lactones) is 1. The number of ether oxygens (including phenoxy) is 1. The van der Waals surface area contributed by atoms with Gasteiger partial charge in [0.25, 0.3) is 5.78 Å². The molecule has 66 valence electrons. The van der Waals surface area contributed by atoms with Gasteiger partial charge in [0.15, 0.2) is 12.4 Å². The largest absolute Gasteiger partial charge is 0.448 e. The molecule has 1 saturated heterocycles. The number of ketones is 2. The maximum Gasteiger partial charge on any atom is 0.383 e. The van der Waals surface area contributed by atoms with Crippen molar-refractivity contribution in [3.63, 3.8) is 0 Å². The highest BCUT2D eigenvalue weighted by atomic mass is 16.6. The molecular weight excluding hydrogens is 168 g/mol. The Hall–Kier alpha value is -1.27. The molecule has 0 aromatic rings. The Labute approximate surface area is 66.7 Å². The third-order valence-electron chi connectivity index (χ3n) is 1.38. The number of rotatable bonds is 2. The van der Waals surface area contributed by atoms with Crippen LogP contribution in [0.15, 0.2) is 0 Å². The van der Waals surface area contributed by atoms with Gasteiger partial charge in [-0.15, -0.1) is 0 Å². The van der Waals surface area contributed by atoms with E-state index in [2.05, 4.69) is 4.74 Å². The molecule has 1 fully saturated rings. The average Bonchev–Trinajstić information content (AvgIpc) is 2.17. The lowest BCUT2D eigenvalue weighted by Crippen LogP contribution is -2.25. The van der Waals surface area contributed by atoms with Crippen LogP contribution in [0.25, 0.3) is 0 Å². The second-order valence-electron chi connectivity index (χ2n) is 2.30. The van der Waals surface area contributed by atoms with Crippen LogP contribution in [0.3, 0.4) is 0 Å². The van der Waals surface area contributed by atoms with Crippen molar-refractivity contribution in [2.75, 3.05) is 0 Å². The summed E-state index contributed by atoms with van der Waals surface area (Å²) in [7, 11) is 0. The zero-order chi connectivity index (χ0) is 9.30. The van der Waals surface area contributed by atoms with Crippen molar-refractivity contribution in [2.45, 2.75) is 18.8 Å². The van der Waals surface area contributed by atoms with Crippen molar-refractivity contribution in [2.24, 2.45) is 0 Å². The molecule has 1 rings (SSSR count). The van der Waals surface area contributed by atoms with Gasteiger partial charge in [0.2, 0.25) is 0 Å². The Balaban J connectivity index is 2.65. The predicted octanol–water partition coefficient (Wildman–Crippen LogP) is -2.25. The molecule has 0 unspecified atom stereocenters. The van der Waals surface area contributed by atoms with Gasteiger partial charge < -0.3 is 14.9 Å². The third kappa shape index (κ3) is 1.49. The van der Waals surface area contributed by atoms with E-state index in [1.807, 2.05) is 0 Å². The summed E-state index contributed by atoms with van der Waals surface area (Å²) in [6, 6.07) is 0. The van der Waals surface area contributed by atoms with Gasteiger partial charge in [-0.1, -0.05) is 0 Å². The van der Waals surface area contributed by atoms with Crippen LogP contribution in [0.4, 0.5) is 0 Å². The van der Waals surface area contributed by atoms with Gasteiger partial charge >= 0.3 is 11.8 Å². The lowest BCUT2D eigenvalue weighted by atomic mass is 10.1. The maximum absolute atomic E-state index is 10.7. The zero-order valence-electron chi connectivity index (χ0n) is 5.89. The Morgan fingerprint density at radius 1 is 1.33 bits per heavy atom. The Bertz CT molecular complexity index is 242. The first-order valence-corrected chi connectivity index (χ1v) is 3.17. The van der Waals surface area contributed by atoms with Gasteiger partial charge in [0, 0.05) is 6.42 Å². The molecule has 1 aliphatic rings. The van der Waals surface area contributed by atoms with Crippen molar-refractivity contribution in [1.82, 2.24) is 0 Å². The second kappa shape index (κ2) is 3.00. The molecule has 0 spiro atoms. The number of hydrogen-bond donors (Lipinski definition) is 2. The summed E-state index contributed by atoms with van der Waals surface area (Å²) >= 11 is 0. The quantitative estimate of drug-likeness (QED) is 0.278. The summed E-state index contributed by atoms with van der Waals surface area (Å²) in [5, 5.41) is 16.8. The zero-order valence-corrected chi connectivity index (χ0v) is 5.89. The van der Waals surface area contributed by atoms with E-state index < -0.39 is 36.4 Å². The van der Waals surface area contributed by atoms with E-state index in [1.165, 1.54) is 0 Å². The normalized spacial score (nSPS) is 23.6. The topological polar surface area (TPSA) is 101 Å². The van der Waals surface area contributed by atoms with Crippen molar-refractivity contribution >= 4 is 17.5 Å². The van der Waals surface area contributed by atoms with Gasteiger partial charge in [-0.2, -0.15) is 0 Å². The summed E-state index contributed by atoms with van der Waals surface area (Å²) in [5.41, 5.74) is 0. The van der Waals surface area contributed by atoms with Crippen molar-refractivity contribution in [3.8, 4) is 0 Å². The number of aliphatic hydroxyl groups is 2. The minimum Gasteiger partial charge on any atom is -0.448 e. The van der Waals surface area contributed by atoms with E-state index in [9.17, 15) is 14.4 Å². The molecule has 0 saturated carbocycles. The number of carbonyl (C=O) groups excluding carboxylic acids is 3. The van der Waals surface area contributed by atoms with Gasteiger partial charge in [0.05, 0.1) is 0 Å². The predicted molar refractivity (Wildman–Crippen MR) is 32.7 cm³/mol. The minimum absolute atomic E-state index is 0.462. The first-order chi connectivity index (χ1) is 5.52. The summed E-state index contributed by atoms with van der Waals surface area (Å²) in [5.74, 6) is -3.49. The lowest BCUT2D eigenvalue weighted by molar-refractivity contribution is -0.150. The monoisotopic (exact) mass is 174 g/mol. The standard InChI is InChI=1S/C6H6O6/c7-3(8)1-2-4(9)5(10)6(11)12-2/h2-3,7-8H,1H2/t2-/m1/s1. The fourth-order valence-corrected chi connectivity index (χ4v) is 0.830. The molecule has 0 aromatic heterocycles. The molecule has 6 heteroatoms. The third-order valence-corrected chi connectivity index (χ3v) is 1.38. The molecule has 12 heavy (non-hydrogen) atoms. The minimum atomic E-state index is -1.77. The van der Waals surface area contributed by atoms with E-state index in [0.29, 0.717) is 0 Å². The number of esters is 1. The molecule has 0 radical (unpaired) electrons. The van der Waals surface area contributed by atoms with Gasteiger partial charge in [-0.25, -0.2) is 4.79 Å². The summed E-state index contributed by atoms with van der Waals surface area (Å²) in [6.45, 7) is 0. The fourth-order valence-electron chi connectivity index (χ4n) is 0.830. The molecule has 0 aromatic carbocycles. The van der Waals surface area contributed by atoms with Crippen LogP contribution in [0.5, 0.6) is 0 Å². The van der Waals surface area contributed by atoms with Crippen LogP contribution >= 0.6 is 0 Å². The molecule has 6 nitrogen and oxygen atoms in total. The van der Waals surface area contributed by atoms with E-state index in [-0.39, 0.29) is 0 Å². The smallest absolute Gasteiger partial charge is 0.383 e. The highest BCUT2D eigenvalue weighted by molar-refractivity contribution is 6.65. The molecule has 1 heterocycles. The Kier molecular flexibility index (Phi) is 2.20. The van der Waals surface area contributed by atoms with E-state index in [0.717, 1.165) is 0 Å². The SMILES string of the molecule is O=C1O[C@H](CC(O)O)C(=O)C1=O. The highest BCUT2D eigenvalue weighted by Gasteiger charge is 2.42. The van der Waals surface area contributed by atoms with Crippen LogP contribution in [0.1, 0.15) is 6.42 Å².